The Morgan fingerprint density at radius 1 is 1.48 bits per heavy atom. The number of rotatable bonds is 5. The molecule has 1 aromatic heterocycles. The van der Waals surface area contributed by atoms with Crippen LogP contribution in [0.1, 0.15) is 20.8 Å². The topological polar surface area (TPSA) is 20.3 Å². The largest absolute Gasteiger partial charge is 0.330 e. The lowest BCUT2D eigenvalue weighted by atomic mass is 10.2. The van der Waals surface area contributed by atoms with Crippen molar-refractivity contribution in [1.82, 2.24) is 4.90 Å². The first-order chi connectivity index (χ1) is 10.0. The van der Waals surface area contributed by atoms with Gasteiger partial charge in [0, 0.05) is 23.1 Å². The van der Waals surface area contributed by atoms with Crippen LogP contribution in [0, 0.1) is 12.7 Å². The quantitative estimate of drug-likeness (QED) is 0.695. The van der Waals surface area contributed by atoms with Crippen LogP contribution < -0.4 is 0 Å². The fourth-order valence-electron chi connectivity index (χ4n) is 1.98. The van der Waals surface area contributed by atoms with Crippen LogP contribution in [-0.2, 0) is 6.54 Å². The molecule has 21 heavy (non-hydrogen) atoms. The molecular formula is C16H15BrFNOS. The monoisotopic (exact) mass is 367 g/mol. The number of hydrogen-bond donors (Lipinski definition) is 0. The molecule has 0 saturated carbocycles. The number of thiophene rings is 1. The maximum atomic E-state index is 13.9. The van der Waals surface area contributed by atoms with Gasteiger partial charge in [0.2, 0.25) is 0 Å². The van der Waals surface area contributed by atoms with E-state index in [1.165, 1.54) is 17.4 Å². The molecule has 2 rings (SSSR count). The molecule has 0 spiro atoms. The second kappa shape index (κ2) is 7.00. The minimum Gasteiger partial charge on any atom is -0.330 e. The molecule has 0 unspecified atom stereocenters. The average molecular weight is 368 g/mol. The lowest BCUT2D eigenvalue weighted by Gasteiger charge is -2.21. The molecule has 0 atom stereocenters. The van der Waals surface area contributed by atoms with Crippen molar-refractivity contribution in [3.05, 3.63) is 68.6 Å². The van der Waals surface area contributed by atoms with Gasteiger partial charge in [-0.2, -0.15) is 0 Å². The number of carbonyl (C=O) groups excluding carboxylic acids is 1. The SMILES string of the molecule is C=CCN(Cc1cc(Br)ccc1F)C(=O)c1sccc1C. The number of nitrogens with zero attached hydrogens (tertiary/aromatic N) is 1. The van der Waals surface area contributed by atoms with E-state index in [0.717, 1.165) is 10.0 Å². The average Bonchev–Trinajstić information content (AvgIpc) is 2.87. The molecule has 0 aliphatic rings. The summed E-state index contributed by atoms with van der Waals surface area (Å²) in [4.78, 5) is 14.9. The van der Waals surface area contributed by atoms with E-state index in [4.69, 9.17) is 0 Å². The van der Waals surface area contributed by atoms with E-state index >= 15 is 0 Å². The van der Waals surface area contributed by atoms with E-state index in [9.17, 15) is 9.18 Å². The molecule has 0 saturated heterocycles. The summed E-state index contributed by atoms with van der Waals surface area (Å²) >= 11 is 4.73. The number of hydrogen-bond acceptors (Lipinski definition) is 2. The smallest absolute Gasteiger partial charge is 0.264 e. The minimum atomic E-state index is -0.317. The molecule has 2 nitrogen and oxygen atoms in total. The molecule has 1 aromatic carbocycles. The summed E-state index contributed by atoms with van der Waals surface area (Å²) < 4.78 is 14.7. The van der Waals surface area contributed by atoms with Crippen LogP contribution in [0.2, 0.25) is 0 Å². The lowest BCUT2D eigenvalue weighted by Crippen LogP contribution is -2.30. The molecule has 0 N–H and O–H groups in total. The summed E-state index contributed by atoms with van der Waals surface area (Å²) in [6.07, 6.45) is 1.65. The Morgan fingerprint density at radius 2 is 2.24 bits per heavy atom. The van der Waals surface area contributed by atoms with E-state index in [-0.39, 0.29) is 18.3 Å². The number of halogens is 2. The Kier molecular flexibility index (Phi) is 5.31. The van der Waals surface area contributed by atoms with Gasteiger partial charge in [0.15, 0.2) is 0 Å². The summed E-state index contributed by atoms with van der Waals surface area (Å²) in [7, 11) is 0. The van der Waals surface area contributed by atoms with Gasteiger partial charge >= 0.3 is 0 Å². The predicted molar refractivity (Wildman–Crippen MR) is 88.1 cm³/mol. The van der Waals surface area contributed by atoms with Crippen LogP contribution in [0.4, 0.5) is 4.39 Å². The van der Waals surface area contributed by atoms with E-state index in [2.05, 4.69) is 22.5 Å². The molecule has 0 radical (unpaired) electrons. The van der Waals surface area contributed by atoms with Crippen LogP contribution in [0.5, 0.6) is 0 Å². The Balaban J connectivity index is 2.27. The number of amides is 1. The first-order valence-electron chi connectivity index (χ1n) is 6.41. The van der Waals surface area contributed by atoms with Gasteiger partial charge in [0.1, 0.15) is 5.82 Å². The molecular weight excluding hydrogens is 353 g/mol. The van der Waals surface area contributed by atoms with Crippen molar-refractivity contribution in [3.63, 3.8) is 0 Å². The summed E-state index contributed by atoms with van der Waals surface area (Å²) in [5.74, 6) is -0.412. The van der Waals surface area contributed by atoms with Crippen molar-refractivity contribution in [3.8, 4) is 0 Å². The number of carbonyl (C=O) groups is 1. The highest BCUT2D eigenvalue weighted by molar-refractivity contribution is 9.10. The minimum absolute atomic E-state index is 0.0956. The maximum absolute atomic E-state index is 13.9. The molecule has 0 aliphatic carbocycles. The van der Waals surface area contributed by atoms with Gasteiger partial charge < -0.3 is 4.90 Å². The van der Waals surface area contributed by atoms with Gasteiger partial charge in [-0.15, -0.1) is 17.9 Å². The third-order valence-electron chi connectivity index (χ3n) is 3.06. The third kappa shape index (κ3) is 3.80. The van der Waals surface area contributed by atoms with E-state index < -0.39 is 0 Å². The molecule has 0 fully saturated rings. The van der Waals surface area contributed by atoms with Crippen LogP contribution in [0.25, 0.3) is 0 Å². The van der Waals surface area contributed by atoms with Gasteiger partial charge in [-0.05, 0) is 42.1 Å². The van der Waals surface area contributed by atoms with Gasteiger partial charge in [-0.3, -0.25) is 4.79 Å². The predicted octanol–water partition coefficient (Wildman–Crippen LogP) is 4.79. The zero-order valence-corrected chi connectivity index (χ0v) is 14.0. The summed E-state index contributed by atoms with van der Waals surface area (Å²) in [5, 5.41) is 1.88. The highest BCUT2D eigenvalue weighted by Crippen LogP contribution is 2.21. The Morgan fingerprint density at radius 3 is 2.86 bits per heavy atom. The van der Waals surface area contributed by atoms with Crippen molar-refractivity contribution in [2.24, 2.45) is 0 Å². The summed E-state index contributed by atoms with van der Waals surface area (Å²) in [5.41, 5.74) is 1.42. The van der Waals surface area contributed by atoms with Crippen molar-refractivity contribution >= 4 is 33.2 Å². The number of benzene rings is 1. The Bertz CT molecular complexity index is 668. The third-order valence-corrected chi connectivity index (χ3v) is 4.56. The van der Waals surface area contributed by atoms with Crippen molar-refractivity contribution in [2.45, 2.75) is 13.5 Å². The van der Waals surface area contributed by atoms with Crippen molar-refractivity contribution in [1.29, 1.82) is 0 Å². The second-order valence-electron chi connectivity index (χ2n) is 4.64. The van der Waals surface area contributed by atoms with Crippen LogP contribution >= 0.6 is 27.3 Å². The molecule has 5 heteroatoms. The van der Waals surface area contributed by atoms with Gasteiger partial charge in [-0.1, -0.05) is 22.0 Å². The maximum Gasteiger partial charge on any atom is 0.264 e. The van der Waals surface area contributed by atoms with E-state index in [0.29, 0.717) is 17.0 Å². The molecule has 2 aromatic rings. The highest BCUT2D eigenvalue weighted by Gasteiger charge is 2.19. The molecule has 0 bridgehead atoms. The lowest BCUT2D eigenvalue weighted by molar-refractivity contribution is 0.0765. The number of aryl methyl sites for hydroxylation is 1. The Hall–Kier alpha value is -1.46. The fourth-order valence-corrected chi connectivity index (χ4v) is 3.28. The summed E-state index contributed by atoms with van der Waals surface area (Å²) in [6, 6.07) is 6.64. The Labute approximate surface area is 136 Å². The highest BCUT2D eigenvalue weighted by atomic mass is 79.9. The van der Waals surface area contributed by atoms with Gasteiger partial charge in [0.25, 0.3) is 5.91 Å². The van der Waals surface area contributed by atoms with Crippen LogP contribution in [-0.4, -0.2) is 17.4 Å². The van der Waals surface area contributed by atoms with Crippen LogP contribution in [0.15, 0.2) is 46.8 Å². The first-order valence-corrected chi connectivity index (χ1v) is 8.08. The molecule has 1 amide bonds. The van der Waals surface area contributed by atoms with E-state index in [1.54, 1.807) is 23.1 Å². The van der Waals surface area contributed by atoms with Crippen molar-refractivity contribution in [2.75, 3.05) is 6.54 Å². The van der Waals surface area contributed by atoms with Crippen LogP contribution in [0.3, 0.4) is 0 Å². The normalized spacial score (nSPS) is 10.4. The van der Waals surface area contributed by atoms with Crippen molar-refractivity contribution < 1.29 is 9.18 Å². The molecule has 1 heterocycles. The van der Waals surface area contributed by atoms with E-state index in [1.807, 2.05) is 18.4 Å². The van der Waals surface area contributed by atoms with Gasteiger partial charge in [0.05, 0.1) is 4.88 Å². The first kappa shape index (κ1) is 15.9. The van der Waals surface area contributed by atoms with Gasteiger partial charge in [-0.25, -0.2) is 4.39 Å². The molecule has 0 aliphatic heterocycles. The zero-order chi connectivity index (χ0) is 15.4. The summed E-state index contributed by atoms with van der Waals surface area (Å²) in [6.45, 7) is 6.17. The zero-order valence-electron chi connectivity index (χ0n) is 11.6. The fraction of sp³-hybridized carbons (Fsp3) is 0.188. The standard InChI is InChI=1S/C16H15BrFNOS/c1-3-7-19(16(20)15-11(2)6-8-21-15)10-12-9-13(17)4-5-14(12)18/h3-6,8-9H,1,7,10H2,2H3. The molecule has 110 valence electrons. The second-order valence-corrected chi connectivity index (χ2v) is 6.47.